The van der Waals surface area contributed by atoms with Crippen LogP contribution in [0.1, 0.15) is 33.8 Å². The fraction of sp³-hybridized carbons (Fsp3) is 0.333. The number of rotatable bonds is 4. The maximum Gasteiger partial charge on any atom is 0.266 e. The highest BCUT2D eigenvalue weighted by molar-refractivity contribution is 9.11. The second kappa shape index (κ2) is 5.66. The smallest absolute Gasteiger partial charge is 0.266 e. The Kier molecular flexibility index (Phi) is 3.89. The molecule has 0 saturated heterocycles. The zero-order valence-corrected chi connectivity index (χ0v) is 13.6. The molecule has 1 aromatic heterocycles. The van der Waals surface area contributed by atoms with Gasteiger partial charge in [0, 0.05) is 12.6 Å². The first-order valence-corrected chi connectivity index (χ1v) is 8.24. The topological polar surface area (TPSA) is 33.2 Å². The van der Waals surface area contributed by atoms with Crippen molar-refractivity contribution in [2.45, 2.75) is 32.4 Å². The van der Waals surface area contributed by atoms with Gasteiger partial charge in [0.25, 0.3) is 5.91 Å². The standard InChI is InChI=1S/C15H15BrN2OS/c1-10-13(20-15(16)17-10)14(19)18(12-7-8-12)9-11-5-3-2-4-6-11/h2-6,12H,7-9H2,1H3. The molecular formula is C15H15BrN2OS. The first kappa shape index (κ1) is 13.8. The second-order valence-corrected chi connectivity index (χ2v) is 7.31. The molecule has 2 aromatic rings. The van der Waals surface area contributed by atoms with E-state index in [-0.39, 0.29) is 5.91 Å². The number of amides is 1. The Morgan fingerprint density at radius 1 is 1.40 bits per heavy atom. The van der Waals surface area contributed by atoms with Gasteiger partial charge in [-0.2, -0.15) is 0 Å². The van der Waals surface area contributed by atoms with Crippen LogP contribution in [0.2, 0.25) is 0 Å². The molecule has 20 heavy (non-hydrogen) atoms. The molecule has 3 rings (SSSR count). The molecular weight excluding hydrogens is 336 g/mol. The minimum Gasteiger partial charge on any atom is -0.331 e. The maximum absolute atomic E-state index is 12.7. The summed E-state index contributed by atoms with van der Waals surface area (Å²) in [6, 6.07) is 10.6. The van der Waals surface area contributed by atoms with Gasteiger partial charge in [-0.3, -0.25) is 4.79 Å². The Morgan fingerprint density at radius 2 is 2.10 bits per heavy atom. The highest BCUT2D eigenvalue weighted by Gasteiger charge is 2.34. The molecule has 1 saturated carbocycles. The third-order valence-electron chi connectivity index (χ3n) is 3.41. The molecule has 1 aliphatic carbocycles. The van der Waals surface area contributed by atoms with E-state index in [1.54, 1.807) is 0 Å². The van der Waals surface area contributed by atoms with E-state index in [0.717, 1.165) is 27.3 Å². The van der Waals surface area contributed by atoms with Crippen molar-refractivity contribution in [3.05, 3.63) is 50.4 Å². The van der Waals surface area contributed by atoms with E-state index in [9.17, 15) is 4.79 Å². The zero-order chi connectivity index (χ0) is 14.1. The third-order valence-corrected chi connectivity index (χ3v) is 5.01. The molecule has 1 aliphatic rings. The van der Waals surface area contributed by atoms with E-state index in [4.69, 9.17) is 0 Å². The molecule has 3 nitrogen and oxygen atoms in total. The molecule has 1 aromatic carbocycles. The summed E-state index contributed by atoms with van der Waals surface area (Å²) in [5.41, 5.74) is 1.99. The van der Waals surface area contributed by atoms with Gasteiger partial charge >= 0.3 is 0 Å². The lowest BCUT2D eigenvalue weighted by atomic mass is 10.2. The van der Waals surface area contributed by atoms with E-state index in [0.29, 0.717) is 12.6 Å². The summed E-state index contributed by atoms with van der Waals surface area (Å²) in [4.78, 5) is 19.8. The fourth-order valence-electron chi connectivity index (χ4n) is 2.23. The lowest BCUT2D eigenvalue weighted by molar-refractivity contribution is 0.0734. The number of halogens is 1. The van der Waals surface area contributed by atoms with Crippen molar-refractivity contribution in [1.82, 2.24) is 9.88 Å². The Morgan fingerprint density at radius 3 is 2.65 bits per heavy atom. The summed E-state index contributed by atoms with van der Waals surface area (Å²) in [6.45, 7) is 2.57. The Bertz CT molecular complexity index is 622. The summed E-state index contributed by atoms with van der Waals surface area (Å²) in [7, 11) is 0. The van der Waals surface area contributed by atoms with Crippen LogP contribution in [0.25, 0.3) is 0 Å². The van der Waals surface area contributed by atoms with Gasteiger partial charge < -0.3 is 4.90 Å². The van der Waals surface area contributed by atoms with Gasteiger partial charge in [0.1, 0.15) is 4.88 Å². The average Bonchev–Trinajstić information content (AvgIpc) is 3.22. The van der Waals surface area contributed by atoms with Crippen LogP contribution in [0, 0.1) is 6.92 Å². The third kappa shape index (κ3) is 2.94. The summed E-state index contributed by atoms with van der Waals surface area (Å²) in [5.74, 6) is 0.108. The van der Waals surface area contributed by atoms with Crippen LogP contribution in [0.4, 0.5) is 0 Å². The van der Waals surface area contributed by atoms with Crippen LogP contribution < -0.4 is 0 Å². The molecule has 0 spiro atoms. The molecule has 0 bridgehead atoms. The van der Waals surface area contributed by atoms with E-state index in [1.807, 2.05) is 30.0 Å². The van der Waals surface area contributed by atoms with Crippen LogP contribution in [-0.2, 0) is 6.54 Å². The summed E-state index contributed by atoms with van der Waals surface area (Å²) < 4.78 is 0.772. The summed E-state index contributed by atoms with van der Waals surface area (Å²) >= 11 is 4.78. The number of aryl methyl sites for hydroxylation is 1. The lowest BCUT2D eigenvalue weighted by Gasteiger charge is -2.22. The highest BCUT2D eigenvalue weighted by atomic mass is 79.9. The zero-order valence-electron chi connectivity index (χ0n) is 11.2. The van der Waals surface area contributed by atoms with Gasteiger partial charge in [-0.15, -0.1) is 11.3 Å². The van der Waals surface area contributed by atoms with E-state index >= 15 is 0 Å². The van der Waals surface area contributed by atoms with Crippen molar-refractivity contribution in [2.24, 2.45) is 0 Å². The first-order chi connectivity index (χ1) is 9.65. The van der Waals surface area contributed by atoms with Crippen molar-refractivity contribution in [2.75, 3.05) is 0 Å². The van der Waals surface area contributed by atoms with Crippen LogP contribution in [0.15, 0.2) is 34.2 Å². The molecule has 0 atom stereocenters. The van der Waals surface area contributed by atoms with Gasteiger partial charge in [0.05, 0.1) is 5.69 Å². The van der Waals surface area contributed by atoms with Gasteiger partial charge in [0.2, 0.25) is 0 Å². The van der Waals surface area contributed by atoms with Crippen molar-refractivity contribution >= 4 is 33.2 Å². The van der Waals surface area contributed by atoms with Crippen LogP contribution in [0.5, 0.6) is 0 Å². The number of thiazole rings is 1. The normalized spacial score (nSPS) is 14.3. The number of nitrogens with zero attached hydrogens (tertiary/aromatic N) is 2. The fourth-order valence-corrected chi connectivity index (χ4v) is 3.73. The molecule has 1 amide bonds. The summed E-state index contributed by atoms with van der Waals surface area (Å²) in [6.07, 6.45) is 2.22. The van der Waals surface area contributed by atoms with Crippen molar-refractivity contribution < 1.29 is 4.79 Å². The Labute approximate surface area is 130 Å². The molecule has 0 unspecified atom stereocenters. The van der Waals surface area contributed by atoms with E-state index in [2.05, 4.69) is 33.0 Å². The number of benzene rings is 1. The second-order valence-electron chi connectivity index (χ2n) is 5.03. The number of hydrogen-bond donors (Lipinski definition) is 0. The van der Waals surface area contributed by atoms with E-state index in [1.165, 1.54) is 16.9 Å². The number of carbonyl (C=O) groups is 1. The number of carbonyl (C=O) groups excluding carboxylic acids is 1. The number of hydrogen-bond acceptors (Lipinski definition) is 3. The van der Waals surface area contributed by atoms with Gasteiger partial charge in [0.15, 0.2) is 3.92 Å². The number of aromatic nitrogens is 1. The first-order valence-electron chi connectivity index (χ1n) is 6.63. The predicted octanol–water partition coefficient (Wildman–Crippen LogP) is 4.02. The molecule has 0 radical (unpaired) electrons. The van der Waals surface area contributed by atoms with Crippen LogP contribution >= 0.6 is 27.3 Å². The Hall–Kier alpha value is -1.20. The van der Waals surface area contributed by atoms with Crippen molar-refractivity contribution in [1.29, 1.82) is 0 Å². The maximum atomic E-state index is 12.7. The molecule has 1 fully saturated rings. The van der Waals surface area contributed by atoms with Gasteiger partial charge in [-0.25, -0.2) is 4.98 Å². The molecule has 1 heterocycles. The van der Waals surface area contributed by atoms with Gasteiger partial charge in [-0.05, 0) is 41.3 Å². The van der Waals surface area contributed by atoms with Crippen LogP contribution in [0.3, 0.4) is 0 Å². The molecule has 0 N–H and O–H groups in total. The van der Waals surface area contributed by atoms with Crippen LogP contribution in [-0.4, -0.2) is 21.8 Å². The quantitative estimate of drug-likeness (QED) is 0.834. The molecule has 104 valence electrons. The SMILES string of the molecule is Cc1nc(Br)sc1C(=O)N(Cc1ccccc1)C1CC1. The highest BCUT2D eigenvalue weighted by Crippen LogP contribution is 2.32. The Balaban J connectivity index is 1.84. The van der Waals surface area contributed by atoms with Crippen molar-refractivity contribution in [3.8, 4) is 0 Å². The molecule has 5 heteroatoms. The largest absolute Gasteiger partial charge is 0.331 e. The molecule has 0 aliphatic heterocycles. The lowest BCUT2D eigenvalue weighted by Crippen LogP contribution is -2.32. The van der Waals surface area contributed by atoms with Crippen molar-refractivity contribution in [3.63, 3.8) is 0 Å². The average molecular weight is 351 g/mol. The monoisotopic (exact) mass is 350 g/mol. The minimum absolute atomic E-state index is 0.108. The predicted molar refractivity (Wildman–Crippen MR) is 83.9 cm³/mol. The van der Waals surface area contributed by atoms with Gasteiger partial charge in [-0.1, -0.05) is 30.3 Å². The summed E-state index contributed by atoms with van der Waals surface area (Å²) in [5, 5.41) is 0. The minimum atomic E-state index is 0.108. The van der Waals surface area contributed by atoms with E-state index < -0.39 is 0 Å².